The van der Waals surface area contributed by atoms with Gasteiger partial charge in [0, 0.05) is 22.7 Å². The largest absolute Gasteiger partial charge is 0.467 e. The topological polar surface area (TPSA) is 28.4 Å². The van der Waals surface area contributed by atoms with Crippen LogP contribution in [0, 0.1) is 0 Å². The first-order chi connectivity index (χ1) is 10.3. The molecule has 112 valence electrons. The third kappa shape index (κ3) is 3.69. The average molecular weight is 349 g/mol. The summed E-state index contributed by atoms with van der Waals surface area (Å²) in [5, 5.41) is 3.43. The molecule has 2 aromatic rings. The van der Waals surface area contributed by atoms with Gasteiger partial charge < -0.3 is 14.6 Å². The molecule has 0 amide bonds. The highest BCUT2D eigenvalue weighted by atomic mass is 79.9. The van der Waals surface area contributed by atoms with Crippen LogP contribution in [0.3, 0.4) is 0 Å². The molecule has 1 aliphatic carbocycles. The highest BCUT2D eigenvalue weighted by Gasteiger charge is 2.31. The average Bonchev–Trinajstić information content (AvgIpc) is 3.20. The Labute approximate surface area is 134 Å². The van der Waals surface area contributed by atoms with Crippen molar-refractivity contribution in [1.29, 1.82) is 0 Å². The van der Waals surface area contributed by atoms with E-state index in [1.165, 1.54) is 24.1 Å². The van der Waals surface area contributed by atoms with Crippen molar-refractivity contribution < 1.29 is 4.42 Å². The van der Waals surface area contributed by atoms with Crippen LogP contribution in [0.5, 0.6) is 0 Å². The normalized spacial score (nSPS) is 14.4. The fraction of sp³-hybridized carbons (Fsp3) is 0.412. The van der Waals surface area contributed by atoms with Gasteiger partial charge >= 0.3 is 0 Å². The van der Waals surface area contributed by atoms with Gasteiger partial charge in [-0.2, -0.15) is 0 Å². The Morgan fingerprint density at radius 2 is 2.19 bits per heavy atom. The van der Waals surface area contributed by atoms with E-state index in [-0.39, 0.29) is 0 Å². The summed E-state index contributed by atoms with van der Waals surface area (Å²) in [6, 6.07) is 11.2. The van der Waals surface area contributed by atoms with Crippen LogP contribution in [0.4, 0.5) is 5.69 Å². The molecular weight excluding hydrogens is 328 g/mol. The molecule has 4 heteroatoms. The molecular formula is C17H21BrN2O. The van der Waals surface area contributed by atoms with Crippen molar-refractivity contribution in [1.82, 2.24) is 5.32 Å². The number of furan rings is 1. The molecule has 1 aromatic carbocycles. The number of hydrogen-bond donors (Lipinski definition) is 1. The van der Waals surface area contributed by atoms with E-state index in [9.17, 15) is 0 Å². The summed E-state index contributed by atoms with van der Waals surface area (Å²) in [6.45, 7) is 4.87. The van der Waals surface area contributed by atoms with Gasteiger partial charge in [0.25, 0.3) is 0 Å². The molecule has 3 nitrogen and oxygen atoms in total. The van der Waals surface area contributed by atoms with Crippen LogP contribution in [0.1, 0.15) is 31.1 Å². The highest BCUT2D eigenvalue weighted by Crippen LogP contribution is 2.36. The number of rotatable bonds is 7. The van der Waals surface area contributed by atoms with E-state index in [4.69, 9.17) is 4.42 Å². The molecule has 0 unspecified atom stereocenters. The summed E-state index contributed by atoms with van der Waals surface area (Å²) in [5.74, 6) is 1.02. The first kappa shape index (κ1) is 14.7. The van der Waals surface area contributed by atoms with E-state index in [2.05, 4.69) is 57.3 Å². The zero-order valence-corrected chi connectivity index (χ0v) is 13.9. The first-order valence-electron chi connectivity index (χ1n) is 7.56. The van der Waals surface area contributed by atoms with Crippen LogP contribution in [-0.2, 0) is 13.1 Å². The Balaban J connectivity index is 1.88. The van der Waals surface area contributed by atoms with E-state index < -0.39 is 0 Å². The van der Waals surface area contributed by atoms with Crippen molar-refractivity contribution in [2.45, 2.75) is 38.9 Å². The summed E-state index contributed by atoms with van der Waals surface area (Å²) in [4.78, 5) is 2.48. The molecule has 1 aromatic heterocycles. The zero-order chi connectivity index (χ0) is 14.7. The Morgan fingerprint density at radius 1 is 1.33 bits per heavy atom. The molecule has 21 heavy (non-hydrogen) atoms. The molecule has 1 saturated carbocycles. The maximum atomic E-state index is 5.55. The van der Waals surface area contributed by atoms with Crippen LogP contribution in [0.15, 0.2) is 45.5 Å². The minimum absolute atomic E-state index is 0.643. The van der Waals surface area contributed by atoms with Gasteiger partial charge in [-0.1, -0.05) is 28.9 Å². The molecule has 0 aliphatic heterocycles. The van der Waals surface area contributed by atoms with Crippen LogP contribution in [-0.4, -0.2) is 12.6 Å². The number of nitrogens with zero attached hydrogens (tertiary/aromatic N) is 1. The van der Waals surface area contributed by atoms with Crippen molar-refractivity contribution in [3.05, 3.63) is 52.4 Å². The Bertz CT molecular complexity index is 578. The van der Waals surface area contributed by atoms with Gasteiger partial charge in [0.05, 0.1) is 12.8 Å². The lowest BCUT2D eigenvalue weighted by Gasteiger charge is -2.27. The molecule has 0 atom stereocenters. The Hall–Kier alpha value is -1.26. The predicted molar refractivity (Wildman–Crippen MR) is 89.4 cm³/mol. The number of halogens is 1. The van der Waals surface area contributed by atoms with Crippen molar-refractivity contribution in [2.75, 3.05) is 11.4 Å². The maximum absolute atomic E-state index is 5.55. The number of hydrogen-bond acceptors (Lipinski definition) is 3. The van der Waals surface area contributed by atoms with Gasteiger partial charge in [-0.25, -0.2) is 0 Å². The fourth-order valence-electron chi connectivity index (χ4n) is 2.58. The van der Waals surface area contributed by atoms with Gasteiger partial charge in [0.2, 0.25) is 0 Å². The van der Waals surface area contributed by atoms with Crippen LogP contribution in [0.2, 0.25) is 0 Å². The first-order valence-corrected chi connectivity index (χ1v) is 8.35. The maximum Gasteiger partial charge on any atom is 0.123 e. The SMILES string of the molecule is CCNCc1ccc(Br)cc1N(Cc1ccco1)C1CC1. The van der Waals surface area contributed by atoms with Crippen LogP contribution >= 0.6 is 15.9 Å². The second kappa shape index (κ2) is 6.67. The van der Waals surface area contributed by atoms with Crippen LogP contribution < -0.4 is 10.2 Å². The van der Waals surface area contributed by atoms with Gasteiger partial charge in [-0.05, 0) is 49.2 Å². The zero-order valence-electron chi connectivity index (χ0n) is 12.3. The standard InChI is InChI=1S/C17H21BrN2O/c1-2-19-11-13-5-6-14(18)10-17(13)20(15-7-8-15)12-16-4-3-9-21-16/h3-6,9-10,15,19H,2,7-8,11-12H2,1H3. The van der Waals surface area contributed by atoms with Gasteiger partial charge in [-0.15, -0.1) is 0 Å². The molecule has 0 bridgehead atoms. The highest BCUT2D eigenvalue weighted by molar-refractivity contribution is 9.10. The number of nitrogens with one attached hydrogen (secondary N) is 1. The molecule has 1 N–H and O–H groups in total. The summed E-state index contributed by atoms with van der Waals surface area (Å²) in [5.41, 5.74) is 2.66. The predicted octanol–water partition coefficient (Wildman–Crippen LogP) is 4.32. The van der Waals surface area contributed by atoms with Crippen LogP contribution in [0.25, 0.3) is 0 Å². The van der Waals surface area contributed by atoms with Crippen molar-refractivity contribution in [3.63, 3.8) is 0 Å². The van der Waals surface area contributed by atoms with E-state index in [1.807, 2.05) is 6.07 Å². The summed E-state index contributed by atoms with van der Waals surface area (Å²) in [6.07, 6.45) is 4.29. The summed E-state index contributed by atoms with van der Waals surface area (Å²) in [7, 11) is 0. The Morgan fingerprint density at radius 3 is 2.86 bits per heavy atom. The molecule has 0 saturated heterocycles. The lowest BCUT2D eigenvalue weighted by Crippen LogP contribution is -2.27. The molecule has 0 radical (unpaired) electrons. The second-order valence-electron chi connectivity index (χ2n) is 5.49. The van der Waals surface area contributed by atoms with Gasteiger partial charge in [-0.3, -0.25) is 0 Å². The number of anilines is 1. The van der Waals surface area contributed by atoms with E-state index in [1.54, 1.807) is 6.26 Å². The van der Waals surface area contributed by atoms with Gasteiger partial charge in [0.15, 0.2) is 0 Å². The molecule has 0 spiro atoms. The van der Waals surface area contributed by atoms with Crippen molar-refractivity contribution in [2.24, 2.45) is 0 Å². The molecule has 1 aliphatic rings. The van der Waals surface area contributed by atoms with Crippen molar-refractivity contribution in [3.8, 4) is 0 Å². The minimum Gasteiger partial charge on any atom is -0.467 e. The lowest BCUT2D eigenvalue weighted by molar-refractivity contribution is 0.500. The van der Waals surface area contributed by atoms with E-state index in [0.717, 1.165) is 29.9 Å². The molecule has 1 fully saturated rings. The van der Waals surface area contributed by atoms with Crippen molar-refractivity contribution >= 4 is 21.6 Å². The fourth-order valence-corrected chi connectivity index (χ4v) is 2.93. The summed E-state index contributed by atoms with van der Waals surface area (Å²) < 4.78 is 6.67. The Kier molecular flexibility index (Phi) is 4.66. The van der Waals surface area contributed by atoms with E-state index in [0.29, 0.717) is 6.04 Å². The third-order valence-corrected chi connectivity index (χ3v) is 4.31. The van der Waals surface area contributed by atoms with E-state index >= 15 is 0 Å². The monoisotopic (exact) mass is 348 g/mol. The lowest BCUT2D eigenvalue weighted by atomic mass is 10.1. The minimum atomic E-state index is 0.643. The molecule has 3 rings (SSSR count). The quantitative estimate of drug-likeness (QED) is 0.807. The smallest absolute Gasteiger partial charge is 0.123 e. The second-order valence-corrected chi connectivity index (χ2v) is 6.41. The summed E-state index contributed by atoms with van der Waals surface area (Å²) >= 11 is 3.61. The number of benzene rings is 1. The molecule has 1 heterocycles. The third-order valence-electron chi connectivity index (χ3n) is 3.82. The van der Waals surface area contributed by atoms with Gasteiger partial charge in [0.1, 0.15) is 5.76 Å².